The molecule has 0 spiro atoms. The lowest BCUT2D eigenvalue weighted by Crippen LogP contribution is -2.32. The first kappa shape index (κ1) is 11.7. The van der Waals surface area contributed by atoms with Crippen LogP contribution in [0, 0.1) is 3.57 Å². The van der Waals surface area contributed by atoms with Gasteiger partial charge in [-0.1, -0.05) is 17.7 Å². The van der Waals surface area contributed by atoms with Gasteiger partial charge in [0.25, 0.3) is 0 Å². The van der Waals surface area contributed by atoms with E-state index in [1.54, 1.807) is 6.07 Å². The molecule has 0 aliphatic carbocycles. The number of aliphatic carboxylic acids is 1. The Morgan fingerprint density at radius 2 is 2.29 bits per heavy atom. The van der Waals surface area contributed by atoms with Crippen LogP contribution < -0.4 is 5.73 Å². The molecule has 0 aromatic heterocycles. The molecule has 0 bridgehead atoms. The van der Waals surface area contributed by atoms with E-state index in [0.29, 0.717) is 11.4 Å². The Kier molecular flexibility index (Phi) is 4.15. The maximum Gasteiger partial charge on any atom is 0.320 e. The van der Waals surface area contributed by atoms with E-state index in [2.05, 4.69) is 22.6 Å². The van der Waals surface area contributed by atoms with Gasteiger partial charge in [0.1, 0.15) is 6.04 Å². The molecule has 3 N–H and O–H groups in total. The van der Waals surface area contributed by atoms with E-state index < -0.39 is 12.0 Å². The van der Waals surface area contributed by atoms with Crippen molar-refractivity contribution in [2.45, 2.75) is 12.5 Å². The standard InChI is InChI=1S/C9H9ClINO2/c10-6-3-5(1-2-7(6)11)4-8(12)9(13)14/h1-3,8H,4,12H2,(H,13,14)/t8-/m0/s1. The summed E-state index contributed by atoms with van der Waals surface area (Å²) in [6.07, 6.45) is 0.298. The van der Waals surface area contributed by atoms with Crippen molar-refractivity contribution >= 4 is 40.2 Å². The van der Waals surface area contributed by atoms with Gasteiger partial charge in [-0.05, 0) is 46.7 Å². The molecule has 0 amide bonds. The third-order valence-electron chi connectivity index (χ3n) is 1.76. The molecule has 0 saturated heterocycles. The van der Waals surface area contributed by atoms with Crippen LogP contribution in [-0.2, 0) is 11.2 Å². The number of hydrogen-bond acceptors (Lipinski definition) is 2. The molecule has 0 saturated carbocycles. The molecule has 0 heterocycles. The average Bonchev–Trinajstić information content (AvgIpc) is 2.11. The van der Waals surface area contributed by atoms with Gasteiger partial charge in [0.05, 0.1) is 5.02 Å². The molecule has 1 rings (SSSR count). The zero-order chi connectivity index (χ0) is 10.7. The topological polar surface area (TPSA) is 63.3 Å². The van der Waals surface area contributed by atoms with Crippen LogP contribution in [0.1, 0.15) is 5.56 Å². The van der Waals surface area contributed by atoms with Crippen LogP contribution in [-0.4, -0.2) is 17.1 Å². The molecular weight excluding hydrogens is 316 g/mol. The number of nitrogens with two attached hydrogens (primary N) is 1. The number of hydrogen-bond donors (Lipinski definition) is 2. The molecule has 0 fully saturated rings. The van der Waals surface area contributed by atoms with E-state index in [0.717, 1.165) is 9.13 Å². The molecule has 1 atom stereocenters. The lowest BCUT2D eigenvalue weighted by atomic mass is 10.1. The summed E-state index contributed by atoms with van der Waals surface area (Å²) in [5.41, 5.74) is 6.23. The Labute approximate surface area is 100 Å². The summed E-state index contributed by atoms with van der Waals surface area (Å²) in [6, 6.07) is 4.54. The summed E-state index contributed by atoms with van der Waals surface area (Å²) < 4.78 is 0.942. The van der Waals surface area contributed by atoms with Gasteiger partial charge in [0.15, 0.2) is 0 Å². The Morgan fingerprint density at radius 1 is 1.64 bits per heavy atom. The van der Waals surface area contributed by atoms with Gasteiger partial charge < -0.3 is 10.8 Å². The summed E-state index contributed by atoms with van der Waals surface area (Å²) in [5, 5.41) is 9.23. The van der Waals surface area contributed by atoms with E-state index in [1.807, 2.05) is 12.1 Å². The van der Waals surface area contributed by atoms with Crippen molar-refractivity contribution in [1.29, 1.82) is 0 Å². The quantitative estimate of drug-likeness (QED) is 0.834. The largest absolute Gasteiger partial charge is 0.480 e. The van der Waals surface area contributed by atoms with Crippen LogP contribution >= 0.6 is 34.2 Å². The van der Waals surface area contributed by atoms with Crippen molar-refractivity contribution in [3.05, 3.63) is 32.4 Å². The molecule has 0 aliphatic heterocycles. The van der Waals surface area contributed by atoms with E-state index in [1.165, 1.54) is 0 Å². The highest BCUT2D eigenvalue weighted by atomic mass is 127. The van der Waals surface area contributed by atoms with Gasteiger partial charge in [0.2, 0.25) is 0 Å². The number of halogens is 2. The Hall–Kier alpha value is -0.330. The van der Waals surface area contributed by atoms with Crippen LogP contribution in [0.2, 0.25) is 5.02 Å². The van der Waals surface area contributed by atoms with Crippen LogP contribution in [0.5, 0.6) is 0 Å². The molecule has 3 nitrogen and oxygen atoms in total. The smallest absolute Gasteiger partial charge is 0.320 e. The highest BCUT2D eigenvalue weighted by Crippen LogP contribution is 2.20. The fourth-order valence-electron chi connectivity index (χ4n) is 1.01. The van der Waals surface area contributed by atoms with Gasteiger partial charge in [-0.3, -0.25) is 4.79 Å². The second kappa shape index (κ2) is 4.95. The second-order valence-corrected chi connectivity index (χ2v) is 4.47. The molecule has 5 heteroatoms. The Morgan fingerprint density at radius 3 is 2.79 bits per heavy atom. The van der Waals surface area contributed by atoms with E-state index >= 15 is 0 Å². The van der Waals surface area contributed by atoms with Crippen molar-refractivity contribution in [1.82, 2.24) is 0 Å². The second-order valence-electron chi connectivity index (χ2n) is 2.90. The first-order valence-corrected chi connectivity index (χ1v) is 5.38. The Balaban J connectivity index is 2.78. The van der Waals surface area contributed by atoms with Crippen molar-refractivity contribution in [3.63, 3.8) is 0 Å². The van der Waals surface area contributed by atoms with Crippen molar-refractivity contribution in [2.75, 3.05) is 0 Å². The lowest BCUT2D eigenvalue weighted by Gasteiger charge is -2.07. The van der Waals surface area contributed by atoms with Gasteiger partial charge in [-0.15, -0.1) is 0 Å². The zero-order valence-corrected chi connectivity index (χ0v) is 10.1. The molecule has 1 aromatic carbocycles. The molecule has 14 heavy (non-hydrogen) atoms. The van der Waals surface area contributed by atoms with E-state index in [-0.39, 0.29) is 0 Å². The van der Waals surface area contributed by atoms with Gasteiger partial charge >= 0.3 is 5.97 Å². The number of carboxylic acid groups (broad SMARTS) is 1. The maximum absolute atomic E-state index is 10.5. The monoisotopic (exact) mass is 325 g/mol. The number of carbonyl (C=O) groups is 1. The number of benzene rings is 1. The molecule has 0 radical (unpaired) electrons. The van der Waals surface area contributed by atoms with Crippen LogP contribution in [0.15, 0.2) is 18.2 Å². The third-order valence-corrected chi connectivity index (χ3v) is 3.33. The van der Waals surface area contributed by atoms with E-state index in [9.17, 15) is 4.79 Å². The van der Waals surface area contributed by atoms with Crippen LogP contribution in [0.4, 0.5) is 0 Å². The first-order valence-electron chi connectivity index (χ1n) is 3.93. The summed E-state index contributed by atoms with van der Waals surface area (Å²) in [7, 11) is 0. The summed E-state index contributed by atoms with van der Waals surface area (Å²) in [4.78, 5) is 10.5. The molecular formula is C9H9ClINO2. The fourth-order valence-corrected chi connectivity index (χ4v) is 1.55. The number of rotatable bonds is 3. The fraction of sp³-hybridized carbons (Fsp3) is 0.222. The predicted octanol–water partition coefficient (Wildman–Crippen LogP) is 1.90. The van der Waals surface area contributed by atoms with E-state index in [4.69, 9.17) is 22.4 Å². The summed E-state index contributed by atoms with van der Waals surface area (Å²) >= 11 is 7.99. The predicted molar refractivity (Wildman–Crippen MR) is 63.5 cm³/mol. The zero-order valence-electron chi connectivity index (χ0n) is 7.21. The number of carboxylic acids is 1. The molecule has 0 aliphatic rings. The van der Waals surface area contributed by atoms with Gasteiger partial charge in [0, 0.05) is 3.57 Å². The van der Waals surface area contributed by atoms with Crippen molar-refractivity contribution < 1.29 is 9.90 Å². The minimum Gasteiger partial charge on any atom is -0.480 e. The summed E-state index contributed by atoms with van der Waals surface area (Å²) in [6.45, 7) is 0. The maximum atomic E-state index is 10.5. The molecule has 1 aromatic rings. The highest BCUT2D eigenvalue weighted by Gasteiger charge is 2.12. The SMILES string of the molecule is N[C@@H](Cc1ccc(I)c(Cl)c1)C(=O)O. The molecule has 0 unspecified atom stereocenters. The lowest BCUT2D eigenvalue weighted by molar-refractivity contribution is -0.138. The Bertz CT molecular complexity index is 357. The first-order chi connectivity index (χ1) is 6.50. The summed E-state index contributed by atoms with van der Waals surface area (Å²) in [5.74, 6) is -1.00. The minimum atomic E-state index is -1.00. The van der Waals surface area contributed by atoms with Crippen molar-refractivity contribution in [3.8, 4) is 0 Å². The third kappa shape index (κ3) is 3.11. The van der Waals surface area contributed by atoms with Crippen LogP contribution in [0.25, 0.3) is 0 Å². The highest BCUT2D eigenvalue weighted by molar-refractivity contribution is 14.1. The van der Waals surface area contributed by atoms with Crippen LogP contribution in [0.3, 0.4) is 0 Å². The average molecular weight is 326 g/mol. The van der Waals surface area contributed by atoms with Gasteiger partial charge in [-0.25, -0.2) is 0 Å². The molecule has 76 valence electrons. The van der Waals surface area contributed by atoms with Crippen molar-refractivity contribution in [2.24, 2.45) is 5.73 Å². The van der Waals surface area contributed by atoms with Gasteiger partial charge in [-0.2, -0.15) is 0 Å². The minimum absolute atomic E-state index is 0.298. The normalized spacial score (nSPS) is 12.5.